The van der Waals surface area contributed by atoms with Crippen molar-refractivity contribution in [3.05, 3.63) is 68.6 Å². The van der Waals surface area contributed by atoms with Crippen LogP contribution in [-0.4, -0.2) is 40.1 Å². The molecule has 1 aliphatic rings. The van der Waals surface area contributed by atoms with Crippen LogP contribution in [0.1, 0.15) is 33.7 Å². The number of anilines is 1. The summed E-state index contributed by atoms with van der Waals surface area (Å²) in [5, 5.41) is 12.9. The van der Waals surface area contributed by atoms with E-state index in [0.717, 1.165) is 12.8 Å². The number of ether oxygens (including phenoxy) is 1. The average molecular weight is 477 g/mol. The van der Waals surface area contributed by atoms with Gasteiger partial charge in [0.2, 0.25) is 5.01 Å². The molecule has 160 valence electrons. The minimum absolute atomic E-state index is 0.0843. The van der Waals surface area contributed by atoms with Gasteiger partial charge >= 0.3 is 0 Å². The van der Waals surface area contributed by atoms with E-state index < -0.39 is 0 Å². The lowest BCUT2D eigenvalue weighted by molar-refractivity contribution is -0.134. The van der Waals surface area contributed by atoms with Gasteiger partial charge in [-0.1, -0.05) is 40.6 Å². The molecule has 3 aromatic rings. The number of benzene rings is 2. The first kappa shape index (κ1) is 21.5. The van der Waals surface area contributed by atoms with Crippen molar-refractivity contribution in [1.82, 2.24) is 15.1 Å². The molecule has 1 aromatic heterocycles. The summed E-state index contributed by atoms with van der Waals surface area (Å²) in [7, 11) is 0. The molecular formula is C21H18Cl2N4O3S. The summed E-state index contributed by atoms with van der Waals surface area (Å²) in [6.45, 7) is 0.524. The second kappa shape index (κ2) is 9.64. The highest BCUT2D eigenvalue weighted by atomic mass is 35.5. The molecule has 0 bridgehead atoms. The van der Waals surface area contributed by atoms with Gasteiger partial charge in [-0.2, -0.15) is 0 Å². The number of halogens is 2. The fraction of sp³-hybridized carbons (Fsp3) is 0.238. The molecule has 0 aliphatic carbocycles. The molecule has 4 rings (SSSR count). The fourth-order valence-electron chi connectivity index (χ4n) is 3.29. The number of carbonyl (C=O) groups is 2. The van der Waals surface area contributed by atoms with Gasteiger partial charge in [0.1, 0.15) is 10.8 Å². The summed E-state index contributed by atoms with van der Waals surface area (Å²) >= 11 is 13.0. The Labute approximate surface area is 192 Å². The number of nitrogens with one attached hydrogen (secondary N) is 1. The zero-order valence-corrected chi connectivity index (χ0v) is 18.6. The summed E-state index contributed by atoms with van der Waals surface area (Å²) in [6.07, 6.45) is 1.61. The van der Waals surface area contributed by atoms with E-state index in [1.165, 1.54) is 11.3 Å². The summed E-state index contributed by atoms with van der Waals surface area (Å²) in [5.74, 6) is 0.0647. The first-order chi connectivity index (χ1) is 15.0. The van der Waals surface area contributed by atoms with Gasteiger partial charge in [0, 0.05) is 22.3 Å². The van der Waals surface area contributed by atoms with E-state index in [1.807, 2.05) is 0 Å². The molecule has 0 saturated carbocycles. The van der Waals surface area contributed by atoms with E-state index in [4.69, 9.17) is 27.9 Å². The second-order valence-electron chi connectivity index (χ2n) is 6.90. The van der Waals surface area contributed by atoms with Crippen molar-refractivity contribution < 1.29 is 14.3 Å². The van der Waals surface area contributed by atoms with Crippen LogP contribution in [0.3, 0.4) is 0 Å². The lowest BCUT2D eigenvalue weighted by atomic mass is 10.2. The SMILES string of the molecule is O=C(Nc1cccc(Cl)c1)c1nnc([C@@H]2CCCN2C(=O)COc2ccc(Cl)cc2)s1. The Morgan fingerprint density at radius 3 is 2.71 bits per heavy atom. The molecule has 2 aromatic carbocycles. The fourth-order valence-corrected chi connectivity index (χ4v) is 4.50. The highest BCUT2D eigenvalue weighted by Gasteiger charge is 2.33. The van der Waals surface area contributed by atoms with Crippen molar-refractivity contribution in [3.8, 4) is 5.75 Å². The third-order valence-electron chi connectivity index (χ3n) is 4.75. The van der Waals surface area contributed by atoms with Crippen LogP contribution in [0.5, 0.6) is 5.75 Å². The predicted octanol–water partition coefficient (Wildman–Crippen LogP) is 4.84. The van der Waals surface area contributed by atoms with Gasteiger partial charge in [0.15, 0.2) is 6.61 Å². The molecule has 1 saturated heterocycles. The lowest BCUT2D eigenvalue weighted by Crippen LogP contribution is -2.34. The number of hydrogen-bond donors (Lipinski definition) is 1. The minimum atomic E-state index is -0.368. The number of aromatic nitrogens is 2. The summed E-state index contributed by atoms with van der Waals surface area (Å²) in [4.78, 5) is 26.9. The third-order valence-corrected chi connectivity index (χ3v) is 6.26. The van der Waals surface area contributed by atoms with Gasteiger partial charge in [0.25, 0.3) is 11.8 Å². The molecule has 1 fully saturated rings. The number of carbonyl (C=O) groups excluding carboxylic acids is 2. The number of likely N-dealkylation sites (tertiary alicyclic amines) is 1. The van der Waals surface area contributed by atoms with Crippen molar-refractivity contribution >= 4 is 52.0 Å². The van der Waals surface area contributed by atoms with Crippen LogP contribution in [0.25, 0.3) is 0 Å². The molecule has 2 amide bonds. The van der Waals surface area contributed by atoms with Crippen molar-refractivity contribution in [2.75, 3.05) is 18.5 Å². The molecule has 2 heterocycles. The first-order valence-electron chi connectivity index (χ1n) is 9.58. The quantitative estimate of drug-likeness (QED) is 0.549. The van der Waals surface area contributed by atoms with Crippen LogP contribution in [0.4, 0.5) is 5.69 Å². The standard InChI is InChI=1S/C21H18Cl2N4O3S/c22-13-6-8-16(9-7-13)30-12-18(28)27-10-2-5-17(27)20-25-26-21(31-20)19(29)24-15-4-1-3-14(23)11-15/h1,3-4,6-9,11,17H,2,5,10,12H2,(H,24,29)/t17-/m0/s1. The largest absolute Gasteiger partial charge is 0.484 e. The van der Waals surface area contributed by atoms with Crippen molar-refractivity contribution in [3.63, 3.8) is 0 Å². The summed E-state index contributed by atoms with van der Waals surface area (Å²) in [6, 6.07) is 13.5. The molecule has 0 spiro atoms. The van der Waals surface area contributed by atoms with Gasteiger partial charge in [0.05, 0.1) is 6.04 Å². The van der Waals surface area contributed by atoms with Crippen LogP contribution in [0, 0.1) is 0 Å². The summed E-state index contributed by atoms with van der Waals surface area (Å²) < 4.78 is 5.58. The molecule has 0 radical (unpaired) electrons. The Morgan fingerprint density at radius 1 is 1.13 bits per heavy atom. The Balaban J connectivity index is 1.39. The lowest BCUT2D eigenvalue weighted by Gasteiger charge is -2.22. The maximum atomic E-state index is 12.7. The average Bonchev–Trinajstić information content (AvgIpc) is 3.43. The van der Waals surface area contributed by atoms with E-state index in [2.05, 4.69) is 15.5 Å². The summed E-state index contributed by atoms with van der Waals surface area (Å²) in [5.41, 5.74) is 0.575. The van der Waals surface area contributed by atoms with Gasteiger partial charge < -0.3 is 15.0 Å². The number of nitrogens with zero attached hydrogens (tertiary/aromatic N) is 3. The third kappa shape index (κ3) is 5.33. The molecular weight excluding hydrogens is 459 g/mol. The molecule has 1 atom stereocenters. The predicted molar refractivity (Wildman–Crippen MR) is 120 cm³/mol. The first-order valence-corrected chi connectivity index (χ1v) is 11.1. The molecule has 31 heavy (non-hydrogen) atoms. The van der Waals surface area contributed by atoms with Gasteiger partial charge in [-0.3, -0.25) is 9.59 Å². The van der Waals surface area contributed by atoms with Gasteiger partial charge in [-0.15, -0.1) is 10.2 Å². The number of amides is 2. The zero-order chi connectivity index (χ0) is 21.8. The van der Waals surface area contributed by atoms with Crippen LogP contribution in [-0.2, 0) is 4.79 Å². The monoisotopic (exact) mass is 476 g/mol. The topological polar surface area (TPSA) is 84.4 Å². The molecule has 1 aliphatic heterocycles. The normalized spacial score (nSPS) is 15.7. The van der Waals surface area contributed by atoms with E-state index >= 15 is 0 Å². The van der Waals surface area contributed by atoms with E-state index in [-0.39, 0.29) is 29.5 Å². The van der Waals surface area contributed by atoms with Crippen molar-refractivity contribution in [2.24, 2.45) is 0 Å². The molecule has 10 heteroatoms. The van der Waals surface area contributed by atoms with Gasteiger partial charge in [-0.25, -0.2) is 0 Å². The Kier molecular flexibility index (Phi) is 6.70. The molecule has 1 N–H and O–H groups in total. The van der Waals surface area contributed by atoms with Crippen molar-refractivity contribution in [1.29, 1.82) is 0 Å². The van der Waals surface area contributed by atoms with E-state index in [1.54, 1.807) is 53.4 Å². The number of hydrogen-bond acceptors (Lipinski definition) is 6. The minimum Gasteiger partial charge on any atom is -0.484 e. The Bertz CT molecular complexity index is 1090. The van der Waals surface area contributed by atoms with E-state index in [0.29, 0.717) is 33.0 Å². The smallest absolute Gasteiger partial charge is 0.286 e. The van der Waals surface area contributed by atoms with Crippen LogP contribution < -0.4 is 10.1 Å². The van der Waals surface area contributed by atoms with Crippen LogP contribution in [0.15, 0.2) is 48.5 Å². The highest BCUT2D eigenvalue weighted by molar-refractivity contribution is 7.13. The van der Waals surface area contributed by atoms with Crippen LogP contribution >= 0.6 is 34.5 Å². The maximum absolute atomic E-state index is 12.7. The second-order valence-corrected chi connectivity index (χ2v) is 8.78. The maximum Gasteiger partial charge on any atom is 0.286 e. The van der Waals surface area contributed by atoms with E-state index in [9.17, 15) is 9.59 Å². The Morgan fingerprint density at radius 2 is 1.94 bits per heavy atom. The van der Waals surface area contributed by atoms with Crippen molar-refractivity contribution in [2.45, 2.75) is 18.9 Å². The zero-order valence-electron chi connectivity index (χ0n) is 16.3. The highest BCUT2D eigenvalue weighted by Crippen LogP contribution is 2.34. The van der Waals surface area contributed by atoms with Crippen LogP contribution in [0.2, 0.25) is 10.0 Å². The number of rotatable bonds is 6. The molecule has 7 nitrogen and oxygen atoms in total. The molecule has 0 unspecified atom stereocenters. The van der Waals surface area contributed by atoms with Gasteiger partial charge in [-0.05, 0) is 55.3 Å². The Hall–Kier alpha value is -2.68.